The quantitative estimate of drug-likeness (QED) is 0.519. The van der Waals surface area contributed by atoms with Crippen LogP contribution in [0.4, 0.5) is 0 Å². The number of hydrogen-bond donors (Lipinski definition) is 2. The molecule has 0 aromatic carbocycles. The summed E-state index contributed by atoms with van der Waals surface area (Å²) in [5.41, 5.74) is 0. The van der Waals surface area contributed by atoms with Crippen molar-refractivity contribution in [2.75, 3.05) is 0 Å². The van der Waals surface area contributed by atoms with Crippen molar-refractivity contribution >= 4 is 0 Å². The van der Waals surface area contributed by atoms with E-state index in [1.165, 1.54) is 12.8 Å². The van der Waals surface area contributed by atoms with Gasteiger partial charge in [0.15, 0.2) is 6.29 Å². The lowest BCUT2D eigenvalue weighted by molar-refractivity contribution is -0.0894. The van der Waals surface area contributed by atoms with Gasteiger partial charge in [-0.1, -0.05) is 25.8 Å². The van der Waals surface area contributed by atoms with Gasteiger partial charge in [-0.25, -0.2) is 0 Å². The molecule has 0 spiro atoms. The zero-order valence-electron chi connectivity index (χ0n) is 8.32. The molecule has 2 nitrogen and oxygen atoms in total. The molecule has 1 atom stereocenters. The van der Waals surface area contributed by atoms with Gasteiger partial charge in [0.25, 0.3) is 0 Å². The predicted octanol–water partition coefficient (Wildman–Crippen LogP) is 1.93. The molecule has 0 aromatic heterocycles. The second kappa shape index (κ2) is 4.77. The minimum Gasteiger partial charge on any atom is -0.368 e. The fraction of sp³-hybridized carbons (Fsp3) is 0.818. The Morgan fingerprint density at radius 2 is 1.77 bits per heavy atom. The van der Waals surface area contributed by atoms with E-state index in [2.05, 4.69) is 13.5 Å². The van der Waals surface area contributed by atoms with Crippen molar-refractivity contribution in [3.8, 4) is 0 Å². The first-order chi connectivity index (χ1) is 6.15. The molecule has 1 unspecified atom stereocenters. The molecule has 0 radical (unpaired) electrons. The van der Waals surface area contributed by atoms with Crippen molar-refractivity contribution in [2.45, 2.75) is 38.9 Å². The number of aliphatic hydroxyl groups excluding tert-OH is 1. The van der Waals surface area contributed by atoms with E-state index >= 15 is 0 Å². The van der Waals surface area contributed by atoms with Crippen LogP contribution in [0, 0.1) is 17.8 Å². The van der Waals surface area contributed by atoms with Crippen molar-refractivity contribution in [3.05, 3.63) is 12.7 Å². The van der Waals surface area contributed by atoms with Crippen LogP contribution in [0.5, 0.6) is 0 Å². The molecule has 1 fully saturated rings. The fourth-order valence-electron chi connectivity index (χ4n) is 2.23. The minimum atomic E-state index is -1.23. The average molecular weight is 184 g/mol. The molecule has 1 aliphatic rings. The van der Waals surface area contributed by atoms with Gasteiger partial charge in [-0.15, -0.1) is 6.58 Å². The Balaban J connectivity index is 2.46. The van der Waals surface area contributed by atoms with E-state index in [9.17, 15) is 0 Å². The van der Waals surface area contributed by atoms with Crippen molar-refractivity contribution in [2.24, 2.45) is 17.8 Å². The first kappa shape index (κ1) is 10.7. The molecule has 0 saturated heterocycles. The number of hydrogen-bond acceptors (Lipinski definition) is 2. The Labute approximate surface area is 80.3 Å². The molecule has 0 bridgehead atoms. The van der Waals surface area contributed by atoms with Crippen LogP contribution in [0.1, 0.15) is 32.6 Å². The van der Waals surface area contributed by atoms with Gasteiger partial charge in [-0.05, 0) is 24.7 Å². The van der Waals surface area contributed by atoms with Gasteiger partial charge in [0, 0.05) is 5.92 Å². The lowest BCUT2D eigenvalue weighted by Crippen LogP contribution is -2.28. The van der Waals surface area contributed by atoms with Gasteiger partial charge < -0.3 is 10.2 Å². The van der Waals surface area contributed by atoms with E-state index in [4.69, 9.17) is 10.2 Å². The molecule has 1 saturated carbocycles. The van der Waals surface area contributed by atoms with Gasteiger partial charge in [-0.2, -0.15) is 0 Å². The monoisotopic (exact) mass is 184 g/mol. The lowest BCUT2D eigenvalue weighted by atomic mass is 9.76. The van der Waals surface area contributed by atoms with Crippen LogP contribution in [0.3, 0.4) is 0 Å². The average Bonchev–Trinajstić information content (AvgIpc) is 2.09. The summed E-state index contributed by atoms with van der Waals surface area (Å²) in [7, 11) is 0. The summed E-state index contributed by atoms with van der Waals surface area (Å²) in [6.45, 7) is 5.91. The van der Waals surface area contributed by atoms with Gasteiger partial charge >= 0.3 is 0 Å². The van der Waals surface area contributed by atoms with Crippen molar-refractivity contribution in [1.82, 2.24) is 0 Å². The summed E-state index contributed by atoms with van der Waals surface area (Å²) in [5.74, 6) is 1.10. The summed E-state index contributed by atoms with van der Waals surface area (Å²) < 4.78 is 0. The Morgan fingerprint density at radius 3 is 2.15 bits per heavy atom. The molecule has 0 amide bonds. The highest BCUT2D eigenvalue weighted by Crippen LogP contribution is 2.34. The maximum absolute atomic E-state index is 9.11. The van der Waals surface area contributed by atoms with Crippen LogP contribution in [-0.2, 0) is 0 Å². The van der Waals surface area contributed by atoms with Crippen molar-refractivity contribution in [1.29, 1.82) is 0 Å². The second-order valence-corrected chi connectivity index (χ2v) is 4.25. The molecule has 2 heteroatoms. The molecule has 0 aliphatic heterocycles. The molecule has 76 valence electrons. The summed E-state index contributed by atoms with van der Waals surface area (Å²) in [5, 5.41) is 18.2. The third-order valence-electron chi connectivity index (χ3n) is 3.22. The normalized spacial score (nSPS) is 31.7. The van der Waals surface area contributed by atoms with Crippen LogP contribution in [0.2, 0.25) is 0 Å². The van der Waals surface area contributed by atoms with Gasteiger partial charge in [0.2, 0.25) is 0 Å². The third kappa shape index (κ3) is 2.82. The molecular formula is C11H20O2. The van der Waals surface area contributed by atoms with E-state index in [0.29, 0.717) is 5.92 Å². The molecule has 13 heavy (non-hydrogen) atoms. The van der Waals surface area contributed by atoms with Gasteiger partial charge in [-0.3, -0.25) is 0 Å². The largest absolute Gasteiger partial charge is 0.368 e. The zero-order chi connectivity index (χ0) is 9.84. The number of rotatable bonds is 3. The number of aliphatic hydroxyl groups is 2. The molecule has 0 aromatic rings. The SMILES string of the molecule is C=CC(C(O)O)C1CCC(C)CC1. The standard InChI is InChI=1S/C11H20O2/c1-3-10(11(12)13)9-6-4-8(2)5-7-9/h3,8-13H,1,4-7H2,2H3. The maximum Gasteiger partial charge on any atom is 0.158 e. The summed E-state index contributed by atoms with van der Waals surface area (Å²) in [6.07, 6.45) is 5.09. The Hall–Kier alpha value is -0.340. The predicted molar refractivity (Wildman–Crippen MR) is 53.0 cm³/mol. The second-order valence-electron chi connectivity index (χ2n) is 4.25. The lowest BCUT2D eigenvalue weighted by Gasteiger charge is -2.31. The fourth-order valence-corrected chi connectivity index (χ4v) is 2.23. The highest BCUT2D eigenvalue weighted by atomic mass is 16.5. The highest BCUT2D eigenvalue weighted by Gasteiger charge is 2.27. The van der Waals surface area contributed by atoms with Crippen LogP contribution in [0.25, 0.3) is 0 Å². The van der Waals surface area contributed by atoms with Gasteiger partial charge in [0.05, 0.1) is 0 Å². The van der Waals surface area contributed by atoms with Crippen molar-refractivity contribution in [3.63, 3.8) is 0 Å². The molecule has 2 N–H and O–H groups in total. The molecular weight excluding hydrogens is 164 g/mol. The van der Waals surface area contributed by atoms with E-state index < -0.39 is 6.29 Å². The topological polar surface area (TPSA) is 40.5 Å². The Bertz CT molecular complexity index is 157. The maximum atomic E-state index is 9.11. The molecule has 1 aliphatic carbocycles. The molecule has 0 heterocycles. The van der Waals surface area contributed by atoms with Crippen LogP contribution < -0.4 is 0 Å². The van der Waals surface area contributed by atoms with E-state index in [-0.39, 0.29) is 5.92 Å². The van der Waals surface area contributed by atoms with E-state index in [0.717, 1.165) is 18.8 Å². The highest BCUT2D eigenvalue weighted by molar-refractivity contribution is 4.88. The van der Waals surface area contributed by atoms with Crippen LogP contribution in [-0.4, -0.2) is 16.5 Å². The Kier molecular flexibility index (Phi) is 3.94. The van der Waals surface area contributed by atoms with Crippen LogP contribution in [0.15, 0.2) is 12.7 Å². The van der Waals surface area contributed by atoms with E-state index in [1.54, 1.807) is 6.08 Å². The van der Waals surface area contributed by atoms with Gasteiger partial charge in [0.1, 0.15) is 0 Å². The third-order valence-corrected chi connectivity index (χ3v) is 3.22. The van der Waals surface area contributed by atoms with Crippen LogP contribution >= 0.6 is 0 Å². The summed E-state index contributed by atoms with van der Waals surface area (Å²) >= 11 is 0. The van der Waals surface area contributed by atoms with E-state index in [1.807, 2.05) is 0 Å². The smallest absolute Gasteiger partial charge is 0.158 e. The summed E-state index contributed by atoms with van der Waals surface area (Å²) in [4.78, 5) is 0. The Morgan fingerprint density at radius 1 is 1.23 bits per heavy atom. The first-order valence-corrected chi connectivity index (χ1v) is 5.13. The van der Waals surface area contributed by atoms with Crippen molar-refractivity contribution < 1.29 is 10.2 Å². The molecule has 1 rings (SSSR count). The minimum absolute atomic E-state index is 0.132. The zero-order valence-corrected chi connectivity index (χ0v) is 8.32. The summed E-state index contributed by atoms with van der Waals surface area (Å²) in [6, 6.07) is 0. The first-order valence-electron chi connectivity index (χ1n) is 5.13.